The van der Waals surface area contributed by atoms with Gasteiger partial charge in [0.15, 0.2) is 0 Å². The first-order valence-corrected chi connectivity index (χ1v) is 10.6. The SMILES string of the molecule is CCN(CC(=O)Nc1cccc(OC)c1)C(=O)c1ccc(Oc2ccc(Cl)cc2[N+](=O)[O-])cc1. The number of amides is 2. The summed E-state index contributed by atoms with van der Waals surface area (Å²) >= 11 is 5.82. The van der Waals surface area contributed by atoms with Gasteiger partial charge in [0.1, 0.15) is 18.0 Å². The Morgan fingerprint density at radius 1 is 1.06 bits per heavy atom. The summed E-state index contributed by atoms with van der Waals surface area (Å²) in [5.41, 5.74) is 0.631. The van der Waals surface area contributed by atoms with Crippen LogP contribution in [0.3, 0.4) is 0 Å². The molecule has 3 aromatic rings. The smallest absolute Gasteiger partial charge is 0.313 e. The van der Waals surface area contributed by atoms with Crippen molar-refractivity contribution in [3.05, 3.63) is 87.4 Å². The van der Waals surface area contributed by atoms with E-state index in [0.717, 1.165) is 0 Å². The van der Waals surface area contributed by atoms with Crippen LogP contribution in [0, 0.1) is 10.1 Å². The summed E-state index contributed by atoms with van der Waals surface area (Å²) < 4.78 is 10.7. The van der Waals surface area contributed by atoms with E-state index >= 15 is 0 Å². The molecule has 0 radical (unpaired) electrons. The summed E-state index contributed by atoms with van der Waals surface area (Å²) in [6, 6.07) is 17.1. The Bertz CT molecular complexity index is 1200. The van der Waals surface area contributed by atoms with Gasteiger partial charge in [0.25, 0.3) is 5.91 Å². The van der Waals surface area contributed by atoms with Gasteiger partial charge < -0.3 is 19.7 Å². The van der Waals surface area contributed by atoms with Gasteiger partial charge in [-0.25, -0.2) is 0 Å². The highest BCUT2D eigenvalue weighted by molar-refractivity contribution is 6.30. The predicted molar refractivity (Wildman–Crippen MR) is 128 cm³/mol. The number of hydrogen-bond acceptors (Lipinski definition) is 6. The first-order valence-electron chi connectivity index (χ1n) is 10.3. The van der Waals surface area contributed by atoms with E-state index in [1.807, 2.05) is 0 Å². The van der Waals surface area contributed by atoms with Gasteiger partial charge in [-0.3, -0.25) is 19.7 Å². The van der Waals surface area contributed by atoms with Crippen molar-refractivity contribution in [1.82, 2.24) is 4.90 Å². The topological polar surface area (TPSA) is 111 Å². The predicted octanol–water partition coefficient (Wildman–Crippen LogP) is 5.15. The minimum atomic E-state index is -0.588. The number of nitro benzene ring substituents is 1. The zero-order valence-electron chi connectivity index (χ0n) is 18.5. The molecule has 0 aliphatic heterocycles. The number of nitrogens with one attached hydrogen (secondary N) is 1. The number of hydrogen-bond donors (Lipinski definition) is 1. The van der Waals surface area contributed by atoms with Gasteiger partial charge in [-0.1, -0.05) is 17.7 Å². The standard InChI is InChI=1S/C24H22ClN3O6/c1-3-27(15-23(29)26-18-5-4-6-20(14-18)33-2)24(30)16-7-10-19(11-8-16)34-22-12-9-17(25)13-21(22)28(31)32/h4-14H,3,15H2,1-2H3,(H,26,29). The fourth-order valence-electron chi connectivity index (χ4n) is 3.10. The lowest BCUT2D eigenvalue weighted by Gasteiger charge is -2.20. The van der Waals surface area contributed by atoms with Gasteiger partial charge in [-0.05, 0) is 55.5 Å². The zero-order chi connectivity index (χ0) is 24.7. The summed E-state index contributed by atoms with van der Waals surface area (Å²) in [6.07, 6.45) is 0. The Kier molecular flexibility index (Phi) is 8.05. The molecule has 0 heterocycles. The number of rotatable bonds is 9. The Hall–Kier alpha value is -4.11. The highest BCUT2D eigenvalue weighted by Crippen LogP contribution is 2.33. The Labute approximate surface area is 201 Å². The highest BCUT2D eigenvalue weighted by Gasteiger charge is 2.19. The van der Waals surface area contributed by atoms with Crippen molar-refractivity contribution in [2.45, 2.75) is 6.92 Å². The Morgan fingerprint density at radius 3 is 2.44 bits per heavy atom. The number of carbonyl (C=O) groups is 2. The monoisotopic (exact) mass is 483 g/mol. The molecule has 0 aliphatic carbocycles. The van der Waals surface area contributed by atoms with E-state index in [9.17, 15) is 19.7 Å². The Morgan fingerprint density at radius 2 is 1.79 bits per heavy atom. The van der Waals surface area contributed by atoms with Crippen LogP contribution in [0.2, 0.25) is 5.02 Å². The molecular formula is C24H22ClN3O6. The lowest BCUT2D eigenvalue weighted by Crippen LogP contribution is -2.37. The number of anilines is 1. The molecule has 3 rings (SSSR count). The third-order valence-corrected chi connectivity index (χ3v) is 5.04. The second-order valence-corrected chi connectivity index (χ2v) is 7.53. The van der Waals surface area contributed by atoms with Gasteiger partial charge in [-0.15, -0.1) is 0 Å². The second-order valence-electron chi connectivity index (χ2n) is 7.10. The molecule has 0 aromatic heterocycles. The summed E-state index contributed by atoms with van der Waals surface area (Å²) in [6.45, 7) is 1.95. The molecule has 0 aliphatic rings. The van der Waals surface area contributed by atoms with Gasteiger partial charge in [0, 0.05) is 35.0 Å². The van der Waals surface area contributed by atoms with Crippen LogP contribution in [-0.2, 0) is 4.79 Å². The summed E-state index contributed by atoms with van der Waals surface area (Å²) in [7, 11) is 1.53. The molecule has 10 heteroatoms. The average Bonchev–Trinajstić information content (AvgIpc) is 2.83. The summed E-state index contributed by atoms with van der Waals surface area (Å²) in [5, 5.41) is 14.2. The largest absolute Gasteiger partial charge is 0.497 e. The molecule has 34 heavy (non-hydrogen) atoms. The number of carbonyl (C=O) groups excluding carboxylic acids is 2. The van der Waals surface area contributed by atoms with Crippen LogP contribution in [0.25, 0.3) is 0 Å². The fraction of sp³-hybridized carbons (Fsp3) is 0.167. The molecule has 176 valence electrons. The van der Waals surface area contributed by atoms with E-state index in [0.29, 0.717) is 29.3 Å². The molecule has 0 unspecified atom stereocenters. The molecule has 2 amide bonds. The van der Waals surface area contributed by atoms with Crippen molar-refractivity contribution in [1.29, 1.82) is 0 Å². The molecule has 9 nitrogen and oxygen atoms in total. The lowest BCUT2D eigenvalue weighted by molar-refractivity contribution is -0.385. The van der Waals surface area contributed by atoms with Gasteiger partial charge in [0.2, 0.25) is 11.7 Å². The molecule has 0 spiro atoms. The van der Waals surface area contributed by atoms with Crippen molar-refractivity contribution in [2.24, 2.45) is 0 Å². The van der Waals surface area contributed by atoms with Crippen LogP contribution in [0.1, 0.15) is 17.3 Å². The average molecular weight is 484 g/mol. The van der Waals surface area contributed by atoms with E-state index < -0.39 is 4.92 Å². The fourth-order valence-corrected chi connectivity index (χ4v) is 3.26. The van der Waals surface area contributed by atoms with Gasteiger partial charge in [0.05, 0.1) is 12.0 Å². The van der Waals surface area contributed by atoms with E-state index in [1.54, 1.807) is 31.2 Å². The van der Waals surface area contributed by atoms with Crippen LogP contribution in [0.15, 0.2) is 66.7 Å². The Balaban J connectivity index is 1.66. The molecule has 0 saturated carbocycles. The third-order valence-electron chi connectivity index (χ3n) is 4.80. The molecule has 0 atom stereocenters. The number of methoxy groups -OCH3 is 1. The number of benzene rings is 3. The maximum absolute atomic E-state index is 12.9. The van der Waals surface area contributed by atoms with E-state index in [4.69, 9.17) is 21.1 Å². The maximum atomic E-state index is 12.9. The number of nitrogens with zero attached hydrogens (tertiary/aromatic N) is 2. The van der Waals surface area contributed by atoms with E-state index in [-0.39, 0.29) is 34.8 Å². The van der Waals surface area contributed by atoms with E-state index in [2.05, 4.69) is 5.32 Å². The van der Waals surface area contributed by atoms with Crippen molar-refractivity contribution < 1.29 is 24.0 Å². The third kappa shape index (κ3) is 6.23. The number of halogens is 1. The minimum absolute atomic E-state index is 0.0258. The highest BCUT2D eigenvalue weighted by atomic mass is 35.5. The quantitative estimate of drug-likeness (QED) is 0.333. The number of ether oxygens (including phenoxy) is 2. The van der Waals surface area contributed by atoms with Crippen LogP contribution in [0.4, 0.5) is 11.4 Å². The van der Waals surface area contributed by atoms with Gasteiger partial charge in [-0.2, -0.15) is 0 Å². The molecule has 3 aromatic carbocycles. The second kappa shape index (κ2) is 11.2. The lowest BCUT2D eigenvalue weighted by atomic mass is 10.2. The normalized spacial score (nSPS) is 10.3. The maximum Gasteiger partial charge on any atom is 0.313 e. The molecular weight excluding hydrogens is 462 g/mol. The van der Waals surface area contributed by atoms with Crippen molar-refractivity contribution in [3.8, 4) is 17.2 Å². The van der Waals surface area contributed by atoms with Crippen LogP contribution in [0.5, 0.6) is 17.2 Å². The zero-order valence-corrected chi connectivity index (χ0v) is 19.2. The van der Waals surface area contributed by atoms with Crippen molar-refractivity contribution in [3.63, 3.8) is 0 Å². The summed E-state index contributed by atoms with van der Waals surface area (Å²) in [5.74, 6) is 0.247. The number of nitro groups is 1. The van der Waals surface area contributed by atoms with Crippen LogP contribution < -0.4 is 14.8 Å². The minimum Gasteiger partial charge on any atom is -0.497 e. The molecule has 0 fully saturated rings. The number of likely N-dealkylation sites (N-methyl/N-ethyl adjacent to an activating group) is 1. The van der Waals surface area contributed by atoms with Crippen molar-refractivity contribution >= 4 is 34.8 Å². The first-order chi connectivity index (χ1) is 16.3. The van der Waals surface area contributed by atoms with Crippen LogP contribution >= 0.6 is 11.6 Å². The molecule has 1 N–H and O–H groups in total. The first kappa shape index (κ1) is 24.5. The van der Waals surface area contributed by atoms with Crippen LogP contribution in [-0.4, -0.2) is 41.8 Å². The molecule has 0 saturated heterocycles. The van der Waals surface area contributed by atoms with Gasteiger partial charge >= 0.3 is 5.69 Å². The van der Waals surface area contributed by atoms with E-state index in [1.165, 1.54) is 54.5 Å². The van der Waals surface area contributed by atoms with Crippen molar-refractivity contribution in [2.75, 3.05) is 25.5 Å². The molecule has 0 bridgehead atoms. The summed E-state index contributed by atoms with van der Waals surface area (Å²) in [4.78, 5) is 37.4.